The Kier molecular flexibility index (Phi) is 0.922. The summed E-state index contributed by atoms with van der Waals surface area (Å²) in [5.41, 5.74) is 4.35. The van der Waals surface area contributed by atoms with Gasteiger partial charge in [0.1, 0.15) is 0 Å². The minimum absolute atomic E-state index is 0.834. The van der Waals surface area contributed by atoms with Gasteiger partial charge in [0.15, 0.2) is 1.41 Å². The van der Waals surface area contributed by atoms with Crippen molar-refractivity contribution in [2.75, 3.05) is 5.73 Å². The summed E-state index contributed by atoms with van der Waals surface area (Å²) >= 11 is 0. The number of anilines is 1. The maximum Gasteiger partial charge on any atom is 0.156 e. The average molecular weight is 108 g/mol. The Bertz CT molecular complexity index is 181. The second-order valence-electron chi connectivity index (χ2n) is 1.87. The molecule has 0 amide bonds. The molecule has 1 heteroatoms. The average Bonchev–Trinajstić information content (AvgIpc) is 1.90. The number of rotatable bonds is 1. The van der Waals surface area contributed by atoms with Crippen LogP contribution in [0.2, 0.25) is 1.41 Å². The molecule has 8 heavy (non-hydrogen) atoms. The van der Waals surface area contributed by atoms with Crippen LogP contribution in [0.1, 0.15) is 5.56 Å². The van der Waals surface area contributed by atoms with Crippen LogP contribution in [0.4, 0.5) is 5.69 Å². The first kappa shape index (κ1) is 3.96. The van der Waals surface area contributed by atoms with E-state index in [2.05, 4.69) is 5.73 Å². The van der Waals surface area contributed by atoms with Crippen LogP contribution in [-0.4, -0.2) is 0 Å². The zero-order chi connectivity index (χ0) is 6.69. The standard InChI is InChI=1S/C7H9N/c1-6-2-4-7(8)5-3-6/h2-5H,8H2,1H3/i/hD. The van der Waals surface area contributed by atoms with Crippen LogP contribution in [0.25, 0.3) is 0 Å². The minimum atomic E-state index is 0.834. The number of nitrogen functional groups attached to an aromatic ring is 1. The zero-order valence-corrected chi connectivity index (χ0v) is 4.81. The molecule has 1 aromatic carbocycles. The molecule has 0 saturated heterocycles. The van der Waals surface area contributed by atoms with Gasteiger partial charge >= 0.3 is 0 Å². The van der Waals surface area contributed by atoms with E-state index in [-0.39, 0.29) is 0 Å². The maximum atomic E-state index is 6.76. The minimum Gasteiger partial charge on any atom is -0.399 e. The molecule has 2 N–H and O–H groups in total. The molecule has 0 atom stereocenters. The Morgan fingerprint density at radius 3 is 2.50 bits per heavy atom. The van der Waals surface area contributed by atoms with Gasteiger partial charge in [-0.15, -0.1) is 0 Å². The second-order valence-corrected chi connectivity index (χ2v) is 1.87. The molecule has 0 heterocycles. The van der Waals surface area contributed by atoms with E-state index >= 15 is 0 Å². The van der Waals surface area contributed by atoms with Gasteiger partial charge in [-0.25, -0.2) is 0 Å². The van der Waals surface area contributed by atoms with Gasteiger partial charge in [0.2, 0.25) is 0 Å². The SMILES string of the molecule is [2H]Nc1ccc(C)cc1. The van der Waals surface area contributed by atoms with Crippen LogP contribution < -0.4 is 5.73 Å². The van der Waals surface area contributed by atoms with E-state index in [4.69, 9.17) is 1.41 Å². The third-order valence-electron chi connectivity index (χ3n) is 1.05. The number of benzene rings is 1. The van der Waals surface area contributed by atoms with E-state index in [0.717, 1.165) is 5.69 Å². The van der Waals surface area contributed by atoms with Crippen molar-refractivity contribution in [1.29, 1.82) is 0 Å². The van der Waals surface area contributed by atoms with Gasteiger partial charge in [0.05, 0.1) is 0 Å². The van der Waals surface area contributed by atoms with Gasteiger partial charge in [-0.1, -0.05) is 17.7 Å². The number of hydrogen-bond donors (Lipinski definition) is 1. The number of hydrogen-bond acceptors (Lipinski definition) is 1. The van der Waals surface area contributed by atoms with Crippen molar-refractivity contribution in [2.24, 2.45) is 0 Å². The van der Waals surface area contributed by atoms with Gasteiger partial charge in [-0.2, -0.15) is 0 Å². The molecule has 0 aliphatic rings. The fourth-order valence-corrected chi connectivity index (χ4v) is 0.554. The fourth-order valence-electron chi connectivity index (χ4n) is 0.554. The van der Waals surface area contributed by atoms with Crippen molar-refractivity contribution in [2.45, 2.75) is 6.92 Å². The van der Waals surface area contributed by atoms with E-state index in [1.165, 1.54) is 5.56 Å². The molecule has 0 aliphatic heterocycles. The van der Waals surface area contributed by atoms with Gasteiger partial charge < -0.3 is 5.73 Å². The lowest BCUT2D eigenvalue weighted by molar-refractivity contribution is 1.47. The summed E-state index contributed by atoms with van der Waals surface area (Å²) in [5, 5.41) is 0. The normalized spacial score (nSPS) is 10.4. The summed E-state index contributed by atoms with van der Waals surface area (Å²) < 4.78 is 6.76. The molecule has 0 aromatic heterocycles. The smallest absolute Gasteiger partial charge is 0.156 e. The van der Waals surface area contributed by atoms with Crippen molar-refractivity contribution in [3.8, 4) is 0 Å². The first-order chi connectivity index (χ1) is 4.33. The highest BCUT2D eigenvalue weighted by Crippen LogP contribution is 2.02. The van der Waals surface area contributed by atoms with Gasteiger partial charge in [-0.05, 0) is 19.1 Å². The monoisotopic (exact) mass is 108 g/mol. The molecule has 0 bridgehead atoms. The van der Waals surface area contributed by atoms with Crippen LogP contribution in [0.5, 0.6) is 0 Å². The lowest BCUT2D eigenvalue weighted by atomic mass is 10.2. The van der Waals surface area contributed by atoms with E-state index in [1.807, 2.05) is 31.2 Å². The molecule has 42 valence electrons. The maximum absolute atomic E-state index is 6.76. The van der Waals surface area contributed by atoms with Crippen LogP contribution in [0, 0.1) is 6.92 Å². The first-order valence-electron chi connectivity index (χ1n) is 3.07. The van der Waals surface area contributed by atoms with Crippen molar-refractivity contribution in [1.82, 2.24) is 0 Å². The highest BCUT2D eigenvalue weighted by molar-refractivity contribution is 5.38. The number of nitrogens with two attached hydrogens (primary N) is 1. The summed E-state index contributed by atoms with van der Waals surface area (Å²) in [6, 6.07) is 7.69. The molecular formula is C7H9N. The molecule has 1 rings (SSSR count). The zero-order valence-electron chi connectivity index (χ0n) is 5.81. The van der Waals surface area contributed by atoms with E-state index in [9.17, 15) is 0 Å². The molecule has 0 radical (unpaired) electrons. The fraction of sp³-hybridized carbons (Fsp3) is 0.143. The molecule has 0 fully saturated rings. The summed E-state index contributed by atoms with van der Waals surface area (Å²) in [4.78, 5) is 0. The third kappa shape index (κ3) is 0.997. The molecule has 0 unspecified atom stereocenters. The molecule has 0 spiro atoms. The third-order valence-corrected chi connectivity index (χ3v) is 1.05. The Morgan fingerprint density at radius 2 is 2.00 bits per heavy atom. The van der Waals surface area contributed by atoms with E-state index < -0.39 is 0 Å². The van der Waals surface area contributed by atoms with Crippen molar-refractivity contribution in [3.63, 3.8) is 0 Å². The van der Waals surface area contributed by atoms with Crippen LogP contribution in [0.15, 0.2) is 24.3 Å². The lowest BCUT2D eigenvalue weighted by Crippen LogP contribution is -1.81. The van der Waals surface area contributed by atoms with Gasteiger partial charge in [0, 0.05) is 5.69 Å². The van der Waals surface area contributed by atoms with Crippen molar-refractivity contribution >= 4 is 5.69 Å². The largest absolute Gasteiger partial charge is 0.399 e. The summed E-state index contributed by atoms with van der Waals surface area (Å²) in [5.74, 6) is 0. The Morgan fingerprint density at radius 1 is 1.38 bits per heavy atom. The summed E-state index contributed by atoms with van der Waals surface area (Å²) in [7, 11) is 0. The topological polar surface area (TPSA) is 26.0 Å². The predicted octanol–water partition coefficient (Wildman–Crippen LogP) is 1.58. The van der Waals surface area contributed by atoms with E-state index in [1.54, 1.807) is 0 Å². The van der Waals surface area contributed by atoms with Crippen molar-refractivity contribution in [3.05, 3.63) is 29.8 Å². The molecule has 0 aliphatic carbocycles. The quantitative estimate of drug-likeness (QED) is 0.543. The van der Waals surface area contributed by atoms with Gasteiger partial charge in [0.25, 0.3) is 0 Å². The predicted molar refractivity (Wildman–Crippen MR) is 35.6 cm³/mol. The van der Waals surface area contributed by atoms with Crippen LogP contribution in [0.3, 0.4) is 0 Å². The Hall–Kier alpha value is -0.980. The first-order valence-corrected chi connectivity index (χ1v) is 2.57. The second kappa shape index (κ2) is 1.86. The van der Waals surface area contributed by atoms with Crippen LogP contribution in [-0.2, 0) is 0 Å². The van der Waals surface area contributed by atoms with E-state index in [0.29, 0.717) is 0 Å². The van der Waals surface area contributed by atoms with Crippen LogP contribution >= 0.6 is 0 Å². The highest BCUT2D eigenvalue weighted by atomic mass is 14.5. The molecule has 1 aromatic rings. The van der Waals surface area contributed by atoms with Crippen molar-refractivity contribution < 1.29 is 1.41 Å². The Labute approximate surface area is 50.6 Å². The Balaban J connectivity index is 2.88. The molecular weight excluding hydrogens is 98.1 g/mol. The molecule has 0 saturated carbocycles. The van der Waals surface area contributed by atoms with Gasteiger partial charge in [-0.3, -0.25) is 0 Å². The lowest BCUT2D eigenvalue weighted by Gasteiger charge is -1.90. The summed E-state index contributed by atoms with van der Waals surface area (Å²) in [6.07, 6.45) is 0. The number of aryl methyl sites for hydroxylation is 1. The molecule has 1 nitrogen and oxygen atoms in total. The summed E-state index contributed by atoms with van der Waals surface area (Å²) in [6.45, 7) is 2.02. The highest BCUT2D eigenvalue weighted by Gasteiger charge is 1.80.